The minimum atomic E-state index is -0.473. The molecule has 0 aliphatic heterocycles. The van der Waals surface area contributed by atoms with Crippen molar-refractivity contribution in [3.63, 3.8) is 0 Å². The van der Waals surface area contributed by atoms with Gasteiger partial charge in [-0.2, -0.15) is 0 Å². The van der Waals surface area contributed by atoms with Crippen molar-refractivity contribution in [1.29, 1.82) is 0 Å². The van der Waals surface area contributed by atoms with Crippen molar-refractivity contribution in [2.24, 2.45) is 0 Å². The Bertz CT molecular complexity index is 1650. The zero-order valence-corrected chi connectivity index (χ0v) is 20.0. The van der Waals surface area contributed by atoms with Crippen LogP contribution in [0.25, 0.3) is 39.6 Å². The smallest absolute Gasteiger partial charge is 0.269 e. The summed E-state index contributed by atoms with van der Waals surface area (Å²) in [7, 11) is 1.62. The molecule has 0 amide bonds. The summed E-state index contributed by atoms with van der Waals surface area (Å²) in [5, 5.41) is 12.5. The summed E-state index contributed by atoms with van der Waals surface area (Å²) >= 11 is 2.15. The number of fused-ring (bicyclic) bond motifs is 2. The lowest BCUT2D eigenvalue weighted by atomic mass is 10.1. The molecule has 0 radical (unpaired) electrons. The predicted molar refractivity (Wildman–Crippen MR) is 140 cm³/mol. The summed E-state index contributed by atoms with van der Waals surface area (Å²) in [6.45, 7) is 0. The standard InChI is InChI=1S/C25H17IN4O4/c1-34-19-8-10-22-20(13-19)15(14-27-22)2-11-24-28-23-9-3-16(26)12-21(23)25(31)29(24)17-4-6-18(7-5-17)30(32)33/h2-14,27H,1H3. The van der Waals surface area contributed by atoms with Crippen LogP contribution in [0.15, 0.2) is 71.7 Å². The van der Waals surface area contributed by atoms with Gasteiger partial charge in [0.1, 0.15) is 11.6 Å². The summed E-state index contributed by atoms with van der Waals surface area (Å²) < 4.78 is 7.72. The number of hydrogen-bond donors (Lipinski definition) is 1. The van der Waals surface area contributed by atoms with E-state index < -0.39 is 4.92 Å². The second-order valence-corrected chi connectivity index (χ2v) is 8.78. The number of nitro benzene ring substituents is 1. The van der Waals surface area contributed by atoms with Gasteiger partial charge in [-0.3, -0.25) is 19.5 Å². The number of benzene rings is 3. The predicted octanol–water partition coefficient (Wildman–Crippen LogP) is 5.56. The van der Waals surface area contributed by atoms with E-state index in [0.29, 0.717) is 22.4 Å². The van der Waals surface area contributed by atoms with Gasteiger partial charge in [-0.05, 0) is 83.3 Å². The number of nitrogens with one attached hydrogen (secondary N) is 1. The monoisotopic (exact) mass is 564 g/mol. The summed E-state index contributed by atoms with van der Waals surface area (Å²) in [6.07, 6.45) is 5.51. The summed E-state index contributed by atoms with van der Waals surface area (Å²) in [6, 6.07) is 17.1. The van der Waals surface area contributed by atoms with Gasteiger partial charge in [0, 0.05) is 38.4 Å². The Morgan fingerprint density at radius 1 is 1.06 bits per heavy atom. The third-order valence-electron chi connectivity index (χ3n) is 5.51. The van der Waals surface area contributed by atoms with E-state index in [1.807, 2.05) is 42.6 Å². The molecule has 8 nitrogen and oxygen atoms in total. The first-order chi connectivity index (χ1) is 16.4. The summed E-state index contributed by atoms with van der Waals surface area (Å²) in [5.41, 5.74) is 2.62. The Balaban J connectivity index is 1.70. The third-order valence-corrected chi connectivity index (χ3v) is 6.18. The van der Waals surface area contributed by atoms with E-state index in [2.05, 4.69) is 27.6 Å². The van der Waals surface area contributed by atoms with Crippen LogP contribution in [0.1, 0.15) is 11.4 Å². The lowest BCUT2D eigenvalue weighted by molar-refractivity contribution is -0.384. The number of non-ortho nitro benzene ring substituents is 1. The van der Waals surface area contributed by atoms with Gasteiger partial charge in [0.15, 0.2) is 0 Å². The molecule has 0 saturated heterocycles. The molecule has 0 unspecified atom stereocenters. The highest BCUT2D eigenvalue weighted by atomic mass is 127. The zero-order chi connectivity index (χ0) is 23.8. The van der Waals surface area contributed by atoms with Crippen LogP contribution in [0.3, 0.4) is 0 Å². The van der Waals surface area contributed by atoms with Gasteiger partial charge in [-0.25, -0.2) is 4.98 Å². The fraction of sp³-hybridized carbons (Fsp3) is 0.0400. The third kappa shape index (κ3) is 3.94. The molecule has 168 valence electrons. The van der Waals surface area contributed by atoms with Crippen LogP contribution < -0.4 is 10.3 Å². The minimum Gasteiger partial charge on any atom is -0.497 e. The van der Waals surface area contributed by atoms with Crippen LogP contribution in [0.2, 0.25) is 0 Å². The first kappa shape index (κ1) is 21.8. The molecular formula is C25H17IN4O4. The van der Waals surface area contributed by atoms with Crippen molar-refractivity contribution in [3.05, 3.63) is 102 Å². The molecule has 0 aliphatic rings. The Labute approximate surface area is 206 Å². The van der Waals surface area contributed by atoms with E-state index >= 15 is 0 Å². The number of ether oxygens (including phenoxy) is 1. The average molecular weight is 564 g/mol. The molecule has 0 saturated carbocycles. The highest BCUT2D eigenvalue weighted by molar-refractivity contribution is 14.1. The molecule has 34 heavy (non-hydrogen) atoms. The molecule has 0 spiro atoms. The molecule has 2 heterocycles. The van der Waals surface area contributed by atoms with Gasteiger partial charge >= 0.3 is 0 Å². The van der Waals surface area contributed by atoms with Crippen LogP contribution in [-0.4, -0.2) is 26.6 Å². The number of halogens is 1. The van der Waals surface area contributed by atoms with Crippen LogP contribution in [0.5, 0.6) is 5.75 Å². The van der Waals surface area contributed by atoms with Gasteiger partial charge in [0.2, 0.25) is 0 Å². The topological polar surface area (TPSA) is 103 Å². The van der Waals surface area contributed by atoms with Crippen molar-refractivity contribution in [2.75, 3.05) is 7.11 Å². The minimum absolute atomic E-state index is 0.0510. The molecule has 0 fully saturated rings. The fourth-order valence-corrected chi connectivity index (χ4v) is 4.30. The van der Waals surface area contributed by atoms with Gasteiger partial charge in [-0.15, -0.1) is 0 Å². The first-order valence-electron chi connectivity index (χ1n) is 10.2. The van der Waals surface area contributed by atoms with Crippen molar-refractivity contribution in [2.45, 2.75) is 0 Å². The molecule has 5 rings (SSSR count). The number of nitro groups is 1. The van der Waals surface area contributed by atoms with Crippen molar-refractivity contribution in [3.8, 4) is 11.4 Å². The Morgan fingerprint density at radius 3 is 2.59 bits per heavy atom. The molecule has 1 N–H and O–H groups in total. The van der Waals surface area contributed by atoms with E-state index in [0.717, 1.165) is 25.8 Å². The summed E-state index contributed by atoms with van der Waals surface area (Å²) in [5.74, 6) is 1.15. The molecule has 0 atom stereocenters. The SMILES string of the molecule is COc1ccc2[nH]cc(C=Cc3nc4ccc(I)cc4c(=O)n3-c3ccc([N+](=O)[O-])cc3)c2c1. The lowest BCUT2D eigenvalue weighted by Crippen LogP contribution is -2.22. The number of rotatable bonds is 5. The Hall–Kier alpha value is -3.99. The molecule has 0 bridgehead atoms. The van der Waals surface area contributed by atoms with Crippen LogP contribution in [0, 0.1) is 13.7 Å². The molecule has 9 heteroatoms. The van der Waals surface area contributed by atoms with E-state index in [-0.39, 0.29) is 11.2 Å². The maximum atomic E-state index is 13.5. The van der Waals surface area contributed by atoms with Crippen molar-refractivity contribution >= 4 is 62.2 Å². The zero-order valence-electron chi connectivity index (χ0n) is 17.9. The molecule has 2 aromatic heterocycles. The van der Waals surface area contributed by atoms with E-state index in [1.54, 1.807) is 31.4 Å². The molecule has 3 aromatic carbocycles. The highest BCUT2D eigenvalue weighted by Gasteiger charge is 2.14. The Morgan fingerprint density at radius 2 is 1.85 bits per heavy atom. The van der Waals surface area contributed by atoms with E-state index in [9.17, 15) is 14.9 Å². The molecule has 5 aromatic rings. The maximum Gasteiger partial charge on any atom is 0.269 e. The van der Waals surface area contributed by atoms with Crippen LogP contribution in [-0.2, 0) is 0 Å². The highest BCUT2D eigenvalue weighted by Crippen LogP contribution is 2.26. The van der Waals surface area contributed by atoms with Crippen LogP contribution >= 0.6 is 22.6 Å². The molecular weight excluding hydrogens is 547 g/mol. The maximum absolute atomic E-state index is 13.5. The van der Waals surface area contributed by atoms with Crippen LogP contribution in [0.4, 0.5) is 5.69 Å². The second kappa shape index (κ2) is 8.75. The number of nitrogens with zero attached hydrogens (tertiary/aromatic N) is 3. The fourth-order valence-electron chi connectivity index (χ4n) is 3.81. The van der Waals surface area contributed by atoms with Gasteiger partial charge in [0.25, 0.3) is 11.2 Å². The number of aromatic nitrogens is 3. The molecule has 0 aliphatic carbocycles. The van der Waals surface area contributed by atoms with Crippen molar-refractivity contribution in [1.82, 2.24) is 14.5 Å². The van der Waals surface area contributed by atoms with Crippen molar-refractivity contribution < 1.29 is 9.66 Å². The quantitative estimate of drug-likeness (QED) is 0.171. The van der Waals surface area contributed by atoms with E-state index in [4.69, 9.17) is 9.72 Å². The van der Waals surface area contributed by atoms with Gasteiger partial charge in [0.05, 0.1) is 28.6 Å². The first-order valence-corrected chi connectivity index (χ1v) is 11.3. The summed E-state index contributed by atoms with van der Waals surface area (Å²) in [4.78, 5) is 32.1. The van der Waals surface area contributed by atoms with Gasteiger partial charge in [-0.1, -0.05) is 0 Å². The van der Waals surface area contributed by atoms with E-state index in [1.165, 1.54) is 16.7 Å². The largest absolute Gasteiger partial charge is 0.497 e. The van der Waals surface area contributed by atoms with Gasteiger partial charge < -0.3 is 9.72 Å². The lowest BCUT2D eigenvalue weighted by Gasteiger charge is -2.11. The normalized spacial score (nSPS) is 11.5. The number of H-pyrrole nitrogens is 1. The average Bonchev–Trinajstić information content (AvgIpc) is 3.25. The number of aromatic amines is 1. The number of hydrogen-bond acceptors (Lipinski definition) is 5. The Kier molecular flexibility index (Phi) is 5.62. The number of methoxy groups -OCH3 is 1. The second-order valence-electron chi connectivity index (χ2n) is 7.53.